The number of aromatic nitrogens is 2. The number of rotatable bonds is 3. The van der Waals surface area contributed by atoms with Gasteiger partial charge in [-0.2, -0.15) is 5.10 Å². The Hall–Kier alpha value is -1.23. The maximum atomic E-state index is 10.0. The highest BCUT2D eigenvalue weighted by Crippen LogP contribution is 2.03. The van der Waals surface area contributed by atoms with Crippen LogP contribution in [0.5, 0.6) is 0 Å². The average molecular weight is 190 g/mol. The fourth-order valence-corrected chi connectivity index (χ4v) is 0.894. The summed E-state index contributed by atoms with van der Waals surface area (Å²) in [5.74, 6) is 0. The quantitative estimate of drug-likeness (QED) is 0.739. The van der Waals surface area contributed by atoms with E-state index in [1.807, 2.05) is 0 Å². The number of carboxylic acid groups (broad SMARTS) is 1. The third-order valence-electron chi connectivity index (χ3n) is 1.22. The SMILES string of the molecule is O=C(O)NCCn1cc(Cl)cn1. The molecule has 1 amide bonds. The molecule has 12 heavy (non-hydrogen) atoms. The lowest BCUT2D eigenvalue weighted by molar-refractivity contribution is 0.194. The van der Waals surface area contributed by atoms with Crippen molar-refractivity contribution < 1.29 is 9.90 Å². The minimum atomic E-state index is -1.03. The van der Waals surface area contributed by atoms with Crippen molar-refractivity contribution in [2.75, 3.05) is 6.54 Å². The van der Waals surface area contributed by atoms with Crippen LogP contribution in [0, 0.1) is 0 Å². The molecule has 0 unspecified atom stereocenters. The zero-order valence-electron chi connectivity index (χ0n) is 6.20. The van der Waals surface area contributed by atoms with Crippen molar-refractivity contribution in [2.24, 2.45) is 0 Å². The lowest BCUT2D eigenvalue weighted by Crippen LogP contribution is -2.25. The van der Waals surface area contributed by atoms with Crippen molar-refractivity contribution >= 4 is 17.7 Å². The van der Waals surface area contributed by atoms with Gasteiger partial charge in [-0.1, -0.05) is 11.6 Å². The van der Waals surface area contributed by atoms with Gasteiger partial charge in [0.15, 0.2) is 0 Å². The molecule has 0 aliphatic rings. The summed E-state index contributed by atoms with van der Waals surface area (Å²) in [6.07, 6.45) is 2.10. The number of nitrogens with zero attached hydrogens (tertiary/aromatic N) is 2. The number of carbonyl (C=O) groups is 1. The maximum Gasteiger partial charge on any atom is 0.404 e. The van der Waals surface area contributed by atoms with Crippen LogP contribution < -0.4 is 5.32 Å². The molecule has 0 aliphatic carbocycles. The Balaban J connectivity index is 2.29. The van der Waals surface area contributed by atoms with Crippen molar-refractivity contribution in [3.8, 4) is 0 Å². The summed E-state index contributed by atoms with van der Waals surface area (Å²) < 4.78 is 1.57. The number of hydrogen-bond acceptors (Lipinski definition) is 2. The molecular weight excluding hydrogens is 182 g/mol. The van der Waals surface area contributed by atoms with E-state index in [0.717, 1.165) is 0 Å². The van der Waals surface area contributed by atoms with Gasteiger partial charge in [-0.25, -0.2) is 4.79 Å². The van der Waals surface area contributed by atoms with Gasteiger partial charge in [-0.15, -0.1) is 0 Å². The van der Waals surface area contributed by atoms with Gasteiger partial charge in [-0.05, 0) is 0 Å². The molecule has 1 aromatic heterocycles. The van der Waals surface area contributed by atoms with Gasteiger partial charge in [0.1, 0.15) is 0 Å². The smallest absolute Gasteiger partial charge is 0.404 e. The third-order valence-corrected chi connectivity index (χ3v) is 1.41. The molecule has 0 atom stereocenters. The fourth-order valence-electron chi connectivity index (χ4n) is 0.738. The number of hydrogen-bond donors (Lipinski definition) is 2. The summed E-state index contributed by atoms with van der Waals surface area (Å²) >= 11 is 5.58. The first kappa shape index (κ1) is 8.86. The molecular formula is C6H8ClN3O2. The Kier molecular flexibility index (Phi) is 2.93. The van der Waals surface area contributed by atoms with Crippen LogP contribution in [0.2, 0.25) is 5.02 Å². The van der Waals surface area contributed by atoms with Gasteiger partial charge in [0.05, 0.1) is 17.8 Å². The maximum absolute atomic E-state index is 10.0. The molecule has 0 aliphatic heterocycles. The summed E-state index contributed by atoms with van der Waals surface area (Å²) in [7, 11) is 0. The van der Waals surface area contributed by atoms with Crippen molar-refractivity contribution in [3.05, 3.63) is 17.4 Å². The Morgan fingerprint density at radius 3 is 3.08 bits per heavy atom. The van der Waals surface area contributed by atoms with Gasteiger partial charge in [0.2, 0.25) is 0 Å². The van der Waals surface area contributed by atoms with E-state index < -0.39 is 6.09 Å². The first-order valence-corrected chi connectivity index (χ1v) is 3.71. The molecule has 1 aromatic rings. The van der Waals surface area contributed by atoms with Crippen LogP contribution in [-0.4, -0.2) is 27.5 Å². The zero-order chi connectivity index (χ0) is 8.97. The van der Waals surface area contributed by atoms with E-state index in [0.29, 0.717) is 18.1 Å². The number of amides is 1. The molecule has 1 rings (SSSR count). The topological polar surface area (TPSA) is 67.2 Å². The molecule has 0 fully saturated rings. The predicted octanol–water partition coefficient (Wildman–Crippen LogP) is 0.804. The monoisotopic (exact) mass is 189 g/mol. The second-order valence-corrected chi connectivity index (χ2v) is 2.59. The summed E-state index contributed by atoms with van der Waals surface area (Å²) in [5, 5.41) is 14.9. The molecule has 0 bridgehead atoms. The molecule has 6 heteroatoms. The largest absolute Gasteiger partial charge is 0.465 e. The van der Waals surface area contributed by atoms with Crippen LogP contribution in [0.15, 0.2) is 12.4 Å². The van der Waals surface area contributed by atoms with Crippen LogP contribution in [0.25, 0.3) is 0 Å². The summed E-state index contributed by atoms with van der Waals surface area (Å²) in [5.41, 5.74) is 0. The van der Waals surface area contributed by atoms with Gasteiger partial charge in [-0.3, -0.25) is 4.68 Å². The lowest BCUT2D eigenvalue weighted by atomic mass is 10.6. The van der Waals surface area contributed by atoms with E-state index in [-0.39, 0.29) is 0 Å². The molecule has 0 saturated heterocycles. The third kappa shape index (κ3) is 2.79. The zero-order valence-corrected chi connectivity index (χ0v) is 6.95. The minimum Gasteiger partial charge on any atom is -0.465 e. The Bertz CT molecular complexity index is 274. The molecule has 5 nitrogen and oxygen atoms in total. The number of nitrogens with one attached hydrogen (secondary N) is 1. The highest BCUT2D eigenvalue weighted by Gasteiger charge is 1.96. The van der Waals surface area contributed by atoms with Gasteiger partial charge in [0.25, 0.3) is 0 Å². The van der Waals surface area contributed by atoms with E-state index in [9.17, 15) is 4.79 Å². The second-order valence-electron chi connectivity index (χ2n) is 2.15. The lowest BCUT2D eigenvalue weighted by Gasteiger charge is -1.99. The minimum absolute atomic E-state index is 0.327. The molecule has 66 valence electrons. The molecule has 0 spiro atoms. The van der Waals surface area contributed by atoms with E-state index in [2.05, 4.69) is 10.4 Å². The summed E-state index contributed by atoms with van der Waals surface area (Å²) in [6, 6.07) is 0. The van der Waals surface area contributed by atoms with E-state index in [1.54, 1.807) is 10.9 Å². The standard InChI is InChI=1S/C6H8ClN3O2/c7-5-3-9-10(4-5)2-1-8-6(11)12/h3-4,8H,1-2H2,(H,11,12). The van der Waals surface area contributed by atoms with Gasteiger partial charge in [0, 0.05) is 12.7 Å². The molecule has 0 saturated carbocycles. The molecule has 0 aromatic carbocycles. The first-order valence-electron chi connectivity index (χ1n) is 3.33. The second kappa shape index (κ2) is 3.96. The Labute approximate surface area is 73.9 Å². The highest BCUT2D eigenvalue weighted by molar-refractivity contribution is 6.30. The van der Waals surface area contributed by atoms with E-state index in [1.165, 1.54) is 6.20 Å². The first-order chi connectivity index (χ1) is 5.68. The van der Waals surface area contributed by atoms with Crippen LogP contribution in [0.3, 0.4) is 0 Å². The normalized spacial score (nSPS) is 9.75. The average Bonchev–Trinajstić information content (AvgIpc) is 2.35. The van der Waals surface area contributed by atoms with Crippen molar-refractivity contribution in [1.82, 2.24) is 15.1 Å². The van der Waals surface area contributed by atoms with Gasteiger partial charge >= 0.3 is 6.09 Å². The van der Waals surface area contributed by atoms with Crippen LogP contribution in [-0.2, 0) is 6.54 Å². The van der Waals surface area contributed by atoms with Gasteiger partial charge < -0.3 is 10.4 Å². The van der Waals surface area contributed by atoms with E-state index >= 15 is 0 Å². The van der Waals surface area contributed by atoms with Crippen molar-refractivity contribution in [2.45, 2.75) is 6.54 Å². The van der Waals surface area contributed by atoms with Crippen LogP contribution in [0.1, 0.15) is 0 Å². The number of halogens is 1. The van der Waals surface area contributed by atoms with Crippen molar-refractivity contribution in [3.63, 3.8) is 0 Å². The Morgan fingerprint density at radius 1 is 1.83 bits per heavy atom. The fraction of sp³-hybridized carbons (Fsp3) is 0.333. The summed E-state index contributed by atoms with van der Waals surface area (Å²) in [6.45, 7) is 0.812. The summed E-state index contributed by atoms with van der Waals surface area (Å²) in [4.78, 5) is 10.0. The Morgan fingerprint density at radius 2 is 2.58 bits per heavy atom. The highest BCUT2D eigenvalue weighted by atomic mass is 35.5. The molecule has 2 N–H and O–H groups in total. The van der Waals surface area contributed by atoms with Crippen molar-refractivity contribution in [1.29, 1.82) is 0 Å². The molecule has 0 radical (unpaired) electrons. The van der Waals surface area contributed by atoms with E-state index in [4.69, 9.17) is 16.7 Å². The van der Waals surface area contributed by atoms with Crippen LogP contribution >= 0.6 is 11.6 Å². The predicted molar refractivity (Wildman–Crippen MR) is 43.3 cm³/mol. The molecule has 1 heterocycles. The van der Waals surface area contributed by atoms with Crippen LogP contribution in [0.4, 0.5) is 4.79 Å².